The highest BCUT2D eigenvalue weighted by Crippen LogP contribution is 2.13. The zero-order valence-electron chi connectivity index (χ0n) is 13.9. The number of nitrogens with one attached hydrogen (secondary N) is 1. The maximum atomic E-state index is 12.7. The summed E-state index contributed by atoms with van der Waals surface area (Å²) in [5.41, 5.74) is 1.95. The van der Waals surface area contributed by atoms with E-state index in [2.05, 4.69) is 5.32 Å². The van der Waals surface area contributed by atoms with E-state index in [1.165, 1.54) is 6.20 Å². The molecule has 2 aromatic rings. The Balaban J connectivity index is 2.16. The van der Waals surface area contributed by atoms with Gasteiger partial charge in [0.2, 0.25) is 0 Å². The lowest BCUT2D eigenvalue weighted by Crippen LogP contribution is -2.37. The number of hydrogen-bond donors (Lipinski definition) is 1. The fraction of sp³-hybridized carbons (Fsp3) is 0.200. The van der Waals surface area contributed by atoms with Crippen molar-refractivity contribution in [1.29, 1.82) is 5.26 Å². The van der Waals surface area contributed by atoms with Crippen molar-refractivity contribution in [2.24, 2.45) is 0 Å². The minimum atomic E-state index is -0.278. The Morgan fingerprint density at radius 2 is 1.71 bits per heavy atom. The number of carbonyl (C=O) groups is 1. The van der Waals surface area contributed by atoms with Gasteiger partial charge in [-0.05, 0) is 31.5 Å². The van der Waals surface area contributed by atoms with Gasteiger partial charge < -0.3 is 10.2 Å². The third-order valence-electron chi connectivity index (χ3n) is 3.59. The third kappa shape index (κ3) is 4.72. The zero-order valence-corrected chi connectivity index (χ0v) is 13.9. The molecule has 0 heterocycles. The summed E-state index contributed by atoms with van der Waals surface area (Å²) in [5, 5.41) is 12.4. The van der Waals surface area contributed by atoms with Crippen LogP contribution in [0, 0.1) is 11.3 Å². The Kier molecular flexibility index (Phi) is 6.16. The summed E-state index contributed by atoms with van der Waals surface area (Å²) in [6.45, 7) is 4.36. The quantitative estimate of drug-likeness (QED) is 0.648. The number of benzene rings is 2. The fourth-order valence-corrected chi connectivity index (χ4v) is 2.26. The summed E-state index contributed by atoms with van der Waals surface area (Å²) < 4.78 is 0. The molecule has 0 saturated heterocycles. The Morgan fingerprint density at radius 3 is 2.25 bits per heavy atom. The number of hydrogen-bond acceptors (Lipinski definition) is 3. The van der Waals surface area contributed by atoms with Crippen LogP contribution >= 0.6 is 0 Å². The van der Waals surface area contributed by atoms with Gasteiger partial charge in [0.1, 0.15) is 11.6 Å². The zero-order chi connectivity index (χ0) is 17.4. The van der Waals surface area contributed by atoms with Gasteiger partial charge in [-0.1, -0.05) is 48.5 Å². The number of nitriles is 1. The van der Waals surface area contributed by atoms with Crippen molar-refractivity contribution in [1.82, 2.24) is 4.90 Å². The molecular formula is C20H21N3O. The molecule has 1 amide bonds. The average molecular weight is 319 g/mol. The second kappa shape index (κ2) is 8.54. The first kappa shape index (κ1) is 17.3. The first-order valence-corrected chi connectivity index (χ1v) is 7.88. The summed E-state index contributed by atoms with van der Waals surface area (Å²) in [4.78, 5) is 14.4. The average Bonchev–Trinajstić information content (AvgIpc) is 2.61. The van der Waals surface area contributed by atoms with Crippen LogP contribution in [0.5, 0.6) is 0 Å². The van der Waals surface area contributed by atoms with Crippen molar-refractivity contribution >= 4 is 11.6 Å². The van der Waals surface area contributed by atoms with Crippen LogP contribution in [0.4, 0.5) is 5.69 Å². The predicted molar refractivity (Wildman–Crippen MR) is 95.9 cm³/mol. The molecule has 0 atom stereocenters. The van der Waals surface area contributed by atoms with Crippen molar-refractivity contribution in [3.63, 3.8) is 0 Å². The van der Waals surface area contributed by atoms with Gasteiger partial charge in [-0.25, -0.2) is 0 Å². The fourth-order valence-electron chi connectivity index (χ4n) is 2.26. The minimum Gasteiger partial charge on any atom is -0.360 e. The molecule has 24 heavy (non-hydrogen) atoms. The van der Waals surface area contributed by atoms with Crippen molar-refractivity contribution < 1.29 is 4.79 Å². The summed E-state index contributed by atoms with van der Waals surface area (Å²) in [5.74, 6) is -0.278. The lowest BCUT2D eigenvalue weighted by molar-refractivity contribution is -0.129. The molecule has 1 N–H and O–H groups in total. The van der Waals surface area contributed by atoms with Crippen LogP contribution in [-0.4, -0.2) is 16.8 Å². The number of para-hydroxylation sites is 1. The maximum absolute atomic E-state index is 12.7. The molecule has 0 bridgehead atoms. The number of nitrogens with zero attached hydrogens (tertiary/aromatic N) is 2. The number of carbonyl (C=O) groups excluding carboxylic acids is 1. The highest BCUT2D eigenvalue weighted by molar-refractivity contribution is 5.97. The van der Waals surface area contributed by atoms with Crippen molar-refractivity contribution in [3.8, 4) is 6.07 Å². The van der Waals surface area contributed by atoms with Gasteiger partial charge in [0, 0.05) is 24.5 Å². The molecular weight excluding hydrogens is 298 g/mol. The van der Waals surface area contributed by atoms with Crippen LogP contribution in [0.2, 0.25) is 0 Å². The largest absolute Gasteiger partial charge is 0.360 e. The Morgan fingerprint density at radius 1 is 1.12 bits per heavy atom. The first-order chi connectivity index (χ1) is 11.6. The topological polar surface area (TPSA) is 56.1 Å². The van der Waals surface area contributed by atoms with Crippen LogP contribution in [-0.2, 0) is 11.3 Å². The molecule has 0 unspecified atom stereocenters. The van der Waals surface area contributed by atoms with E-state index in [0.29, 0.717) is 6.54 Å². The van der Waals surface area contributed by atoms with E-state index in [9.17, 15) is 10.1 Å². The van der Waals surface area contributed by atoms with Crippen LogP contribution in [0.1, 0.15) is 19.4 Å². The van der Waals surface area contributed by atoms with Gasteiger partial charge in [0.25, 0.3) is 5.91 Å². The molecule has 0 aliphatic heterocycles. The standard InChI is InChI=1S/C20H21N3O/c1-16(2)23(15-17-9-5-3-6-10-17)20(24)18(13-21)14-22-19-11-7-4-8-12-19/h3-12,14,16,22H,15H2,1-2H3/b18-14-. The molecule has 0 aliphatic carbocycles. The number of rotatable bonds is 6. The van der Waals surface area contributed by atoms with Crippen LogP contribution < -0.4 is 5.32 Å². The van der Waals surface area contributed by atoms with E-state index < -0.39 is 0 Å². The Labute approximate surface area is 143 Å². The summed E-state index contributed by atoms with van der Waals surface area (Å²) in [6.07, 6.45) is 1.47. The van der Waals surface area contributed by atoms with E-state index in [1.54, 1.807) is 4.90 Å². The molecule has 0 aromatic heterocycles. The predicted octanol–water partition coefficient (Wildman–Crippen LogP) is 3.94. The van der Waals surface area contributed by atoms with Crippen LogP contribution in [0.3, 0.4) is 0 Å². The third-order valence-corrected chi connectivity index (χ3v) is 3.59. The second-order valence-electron chi connectivity index (χ2n) is 5.69. The van der Waals surface area contributed by atoms with Gasteiger partial charge in [0.05, 0.1) is 0 Å². The maximum Gasteiger partial charge on any atom is 0.266 e. The van der Waals surface area contributed by atoms with Gasteiger partial charge in [0.15, 0.2) is 0 Å². The normalized spacial score (nSPS) is 11.0. The first-order valence-electron chi connectivity index (χ1n) is 7.88. The van der Waals surface area contributed by atoms with Gasteiger partial charge in [-0.2, -0.15) is 5.26 Å². The van der Waals surface area contributed by atoms with Crippen LogP contribution in [0.25, 0.3) is 0 Å². The summed E-state index contributed by atoms with van der Waals surface area (Å²) in [7, 11) is 0. The lowest BCUT2D eigenvalue weighted by Gasteiger charge is -2.26. The highest BCUT2D eigenvalue weighted by Gasteiger charge is 2.21. The van der Waals surface area contributed by atoms with E-state index in [0.717, 1.165) is 11.3 Å². The smallest absolute Gasteiger partial charge is 0.266 e. The van der Waals surface area contributed by atoms with Gasteiger partial charge in [-0.15, -0.1) is 0 Å². The van der Waals surface area contributed by atoms with Crippen LogP contribution in [0.15, 0.2) is 72.4 Å². The van der Waals surface area contributed by atoms with Crippen molar-refractivity contribution in [3.05, 3.63) is 78.0 Å². The molecule has 2 aromatic carbocycles. The minimum absolute atomic E-state index is 0.00817. The molecule has 0 fully saturated rings. The molecule has 0 saturated carbocycles. The molecule has 0 aliphatic rings. The van der Waals surface area contributed by atoms with Gasteiger partial charge >= 0.3 is 0 Å². The molecule has 0 spiro atoms. The van der Waals surface area contributed by atoms with E-state index >= 15 is 0 Å². The SMILES string of the molecule is CC(C)N(Cc1ccccc1)C(=O)/C(C#N)=C\Nc1ccccc1. The Hall–Kier alpha value is -3.06. The second-order valence-corrected chi connectivity index (χ2v) is 5.69. The Bertz CT molecular complexity index is 730. The molecule has 0 radical (unpaired) electrons. The summed E-state index contributed by atoms with van der Waals surface area (Å²) in [6, 6.07) is 21.2. The number of amides is 1. The van der Waals surface area contributed by atoms with E-state index in [-0.39, 0.29) is 17.5 Å². The molecule has 4 heteroatoms. The number of anilines is 1. The lowest BCUT2D eigenvalue weighted by atomic mass is 10.1. The van der Waals surface area contributed by atoms with Crippen molar-refractivity contribution in [2.75, 3.05) is 5.32 Å². The summed E-state index contributed by atoms with van der Waals surface area (Å²) >= 11 is 0. The van der Waals surface area contributed by atoms with E-state index in [1.807, 2.05) is 80.6 Å². The molecule has 4 nitrogen and oxygen atoms in total. The molecule has 122 valence electrons. The molecule has 2 rings (SSSR count). The van der Waals surface area contributed by atoms with E-state index in [4.69, 9.17) is 0 Å². The highest BCUT2D eigenvalue weighted by atomic mass is 16.2. The van der Waals surface area contributed by atoms with Crippen molar-refractivity contribution in [2.45, 2.75) is 26.4 Å². The monoisotopic (exact) mass is 319 g/mol. The van der Waals surface area contributed by atoms with Gasteiger partial charge in [-0.3, -0.25) is 4.79 Å².